The number of carboxylic acids is 1. The highest BCUT2D eigenvalue weighted by Crippen LogP contribution is 2.09. The fourth-order valence-corrected chi connectivity index (χ4v) is 2.57. The van der Waals surface area contributed by atoms with Gasteiger partial charge in [-0.05, 0) is 24.3 Å². The highest BCUT2D eigenvalue weighted by molar-refractivity contribution is 7.98. The fraction of sp³-hybridized carbons (Fsp3) is 0.750. The Morgan fingerprint density at radius 2 is 1.74 bits per heavy atom. The van der Waals surface area contributed by atoms with Crippen molar-refractivity contribution in [3.63, 3.8) is 0 Å². The standard InChI is InChI=1S/C16H30N4O6S/c1-4-9(2)13(16(26)18-7-12(22)23)20-15(25)11(5-6-27-3)19-14(24)10(17)8-21/h9-11,13,21H,4-8,17H2,1-3H3,(H,18,26)(H,19,24)(H,20,25)(H,22,23). The zero-order valence-electron chi connectivity index (χ0n) is 15.9. The van der Waals surface area contributed by atoms with E-state index in [-0.39, 0.29) is 5.92 Å². The number of carbonyl (C=O) groups is 4. The van der Waals surface area contributed by atoms with Gasteiger partial charge >= 0.3 is 5.97 Å². The molecule has 4 unspecified atom stereocenters. The van der Waals surface area contributed by atoms with Crippen molar-refractivity contribution in [2.24, 2.45) is 11.7 Å². The van der Waals surface area contributed by atoms with Crippen LogP contribution < -0.4 is 21.7 Å². The van der Waals surface area contributed by atoms with E-state index in [1.807, 2.05) is 13.2 Å². The third kappa shape index (κ3) is 9.59. The predicted molar refractivity (Wildman–Crippen MR) is 102 cm³/mol. The van der Waals surface area contributed by atoms with E-state index in [1.165, 1.54) is 11.8 Å². The Hall–Kier alpha value is -1.85. The first-order chi connectivity index (χ1) is 12.7. The lowest BCUT2D eigenvalue weighted by Gasteiger charge is -2.26. The molecular formula is C16H30N4O6S. The van der Waals surface area contributed by atoms with Crippen molar-refractivity contribution in [1.29, 1.82) is 0 Å². The lowest BCUT2D eigenvalue weighted by Crippen LogP contribution is -2.58. The van der Waals surface area contributed by atoms with Gasteiger partial charge in [-0.2, -0.15) is 11.8 Å². The topological polar surface area (TPSA) is 171 Å². The molecule has 0 aromatic carbocycles. The van der Waals surface area contributed by atoms with Crippen LogP contribution in [0.2, 0.25) is 0 Å². The summed E-state index contributed by atoms with van der Waals surface area (Å²) < 4.78 is 0. The molecular weight excluding hydrogens is 376 g/mol. The van der Waals surface area contributed by atoms with Gasteiger partial charge in [0.05, 0.1) is 6.61 Å². The fourth-order valence-electron chi connectivity index (χ4n) is 2.09. The first kappa shape index (κ1) is 25.1. The van der Waals surface area contributed by atoms with Crippen LogP contribution in [0.4, 0.5) is 0 Å². The predicted octanol–water partition coefficient (Wildman–Crippen LogP) is -1.72. The van der Waals surface area contributed by atoms with Crippen molar-refractivity contribution < 1.29 is 29.4 Å². The Kier molecular flexibility index (Phi) is 12.4. The first-order valence-corrected chi connectivity index (χ1v) is 10.0. The largest absolute Gasteiger partial charge is 0.480 e. The SMILES string of the molecule is CCC(C)C(NC(=O)C(CCSC)NC(=O)C(N)CO)C(=O)NCC(=O)O. The van der Waals surface area contributed by atoms with Gasteiger partial charge in [-0.1, -0.05) is 20.3 Å². The Balaban J connectivity index is 5.19. The van der Waals surface area contributed by atoms with Gasteiger partial charge in [0, 0.05) is 0 Å². The van der Waals surface area contributed by atoms with Gasteiger partial charge in [-0.3, -0.25) is 19.2 Å². The maximum absolute atomic E-state index is 12.6. The number of carbonyl (C=O) groups excluding carboxylic acids is 3. The van der Waals surface area contributed by atoms with E-state index in [4.69, 9.17) is 15.9 Å². The van der Waals surface area contributed by atoms with E-state index in [1.54, 1.807) is 6.92 Å². The van der Waals surface area contributed by atoms with Crippen molar-refractivity contribution in [1.82, 2.24) is 16.0 Å². The molecule has 27 heavy (non-hydrogen) atoms. The number of aliphatic hydroxyl groups excluding tert-OH is 1. The normalized spacial score (nSPS) is 15.1. The number of thioether (sulfide) groups is 1. The van der Waals surface area contributed by atoms with Crippen molar-refractivity contribution >= 4 is 35.5 Å². The monoisotopic (exact) mass is 406 g/mol. The van der Waals surface area contributed by atoms with Crippen LogP contribution in [0, 0.1) is 5.92 Å². The maximum Gasteiger partial charge on any atom is 0.322 e. The molecule has 0 aliphatic carbocycles. The lowest BCUT2D eigenvalue weighted by molar-refractivity contribution is -0.139. The molecule has 0 radical (unpaired) electrons. The summed E-state index contributed by atoms with van der Waals surface area (Å²) in [4.78, 5) is 47.5. The molecule has 0 spiro atoms. The minimum atomic E-state index is -1.19. The summed E-state index contributed by atoms with van der Waals surface area (Å²) in [5.74, 6) is -2.72. The van der Waals surface area contributed by atoms with Crippen LogP contribution in [0.25, 0.3) is 0 Å². The number of aliphatic hydroxyl groups is 1. The number of nitrogens with two attached hydrogens (primary N) is 1. The van der Waals surface area contributed by atoms with Crippen LogP contribution in [0.5, 0.6) is 0 Å². The second-order valence-corrected chi connectivity index (χ2v) is 7.10. The number of rotatable bonds is 13. The van der Waals surface area contributed by atoms with E-state index in [0.29, 0.717) is 18.6 Å². The van der Waals surface area contributed by atoms with E-state index in [0.717, 1.165) is 0 Å². The Morgan fingerprint density at radius 1 is 1.11 bits per heavy atom. The molecule has 0 saturated carbocycles. The average Bonchev–Trinajstić information content (AvgIpc) is 2.65. The molecule has 0 aromatic heterocycles. The first-order valence-electron chi connectivity index (χ1n) is 8.63. The highest BCUT2D eigenvalue weighted by atomic mass is 32.2. The molecule has 4 atom stereocenters. The summed E-state index contributed by atoms with van der Waals surface area (Å²) >= 11 is 1.48. The van der Waals surface area contributed by atoms with E-state index in [9.17, 15) is 19.2 Å². The second-order valence-electron chi connectivity index (χ2n) is 6.12. The minimum absolute atomic E-state index is 0.251. The number of nitrogens with one attached hydrogen (secondary N) is 3. The second kappa shape index (κ2) is 13.3. The number of hydrogen-bond acceptors (Lipinski definition) is 7. The molecule has 10 nitrogen and oxygen atoms in total. The molecule has 11 heteroatoms. The van der Waals surface area contributed by atoms with Gasteiger partial charge in [-0.15, -0.1) is 0 Å². The minimum Gasteiger partial charge on any atom is -0.480 e. The molecule has 0 fully saturated rings. The van der Waals surface area contributed by atoms with Crippen LogP contribution in [-0.2, 0) is 19.2 Å². The van der Waals surface area contributed by atoms with E-state index >= 15 is 0 Å². The average molecular weight is 407 g/mol. The molecule has 0 aliphatic rings. The van der Waals surface area contributed by atoms with Gasteiger partial charge in [-0.25, -0.2) is 0 Å². The molecule has 0 aliphatic heterocycles. The van der Waals surface area contributed by atoms with Gasteiger partial charge in [0.1, 0.15) is 24.7 Å². The number of carboxylic acid groups (broad SMARTS) is 1. The summed E-state index contributed by atoms with van der Waals surface area (Å²) in [6, 6.07) is -3.03. The molecule has 156 valence electrons. The summed E-state index contributed by atoms with van der Waals surface area (Å²) in [5, 5.41) is 25.0. The van der Waals surface area contributed by atoms with Crippen molar-refractivity contribution in [3.8, 4) is 0 Å². The smallest absolute Gasteiger partial charge is 0.322 e. The maximum atomic E-state index is 12.6. The third-order valence-corrected chi connectivity index (χ3v) is 4.63. The molecule has 0 heterocycles. The molecule has 7 N–H and O–H groups in total. The highest BCUT2D eigenvalue weighted by Gasteiger charge is 2.30. The zero-order chi connectivity index (χ0) is 21.0. The van der Waals surface area contributed by atoms with E-state index < -0.39 is 55.0 Å². The van der Waals surface area contributed by atoms with Crippen LogP contribution in [0.15, 0.2) is 0 Å². The van der Waals surface area contributed by atoms with Crippen molar-refractivity contribution in [3.05, 3.63) is 0 Å². The third-order valence-electron chi connectivity index (χ3n) is 3.98. The lowest BCUT2D eigenvalue weighted by atomic mass is 9.97. The zero-order valence-corrected chi connectivity index (χ0v) is 16.7. The number of hydrogen-bond donors (Lipinski definition) is 6. The molecule has 0 rings (SSSR count). The number of aliphatic carboxylic acids is 1. The molecule has 0 bridgehead atoms. The summed E-state index contributed by atoms with van der Waals surface area (Å²) in [6.07, 6.45) is 2.72. The van der Waals surface area contributed by atoms with E-state index in [2.05, 4.69) is 16.0 Å². The quantitative estimate of drug-likeness (QED) is 0.210. The number of amides is 3. The molecule has 3 amide bonds. The molecule has 0 saturated heterocycles. The van der Waals surface area contributed by atoms with Crippen LogP contribution in [-0.4, -0.2) is 77.2 Å². The van der Waals surface area contributed by atoms with Gasteiger partial charge in [0.25, 0.3) is 0 Å². The summed E-state index contributed by atoms with van der Waals surface area (Å²) in [5.41, 5.74) is 5.46. The summed E-state index contributed by atoms with van der Waals surface area (Å²) in [7, 11) is 0. The van der Waals surface area contributed by atoms with Crippen molar-refractivity contribution in [2.75, 3.05) is 25.2 Å². The van der Waals surface area contributed by atoms with Crippen molar-refractivity contribution in [2.45, 2.75) is 44.8 Å². The Bertz CT molecular complexity index is 519. The van der Waals surface area contributed by atoms with Gasteiger partial charge in [0.15, 0.2) is 0 Å². The van der Waals surface area contributed by atoms with Crippen LogP contribution in [0.1, 0.15) is 26.7 Å². The summed E-state index contributed by atoms with van der Waals surface area (Å²) in [6.45, 7) is 2.47. The van der Waals surface area contributed by atoms with Crippen LogP contribution in [0.3, 0.4) is 0 Å². The van der Waals surface area contributed by atoms with Gasteiger partial charge < -0.3 is 31.9 Å². The molecule has 0 aromatic rings. The Morgan fingerprint density at radius 3 is 2.22 bits per heavy atom. The van der Waals surface area contributed by atoms with Crippen LogP contribution >= 0.6 is 11.8 Å². The Labute approximate surface area is 163 Å². The van der Waals surface area contributed by atoms with Gasteiger partial charge in [0.2, 0.25) is 17.7 Å².